The third-order valence-corrected chi connectivity index (χ3v) is 3.53. The molecule has 0 aromatic heterocycles. The zero-order chi connectivity index (χ0) is 15.5. The van der Waals surface area contributed by atoms with Gasteiger partial charge in [-0.15, -0.1) is 12.4 Å². The van der Waals surface area contributed by atoms with E-state index in [1.54, 1.807) is 0 Å². The maximum Gasteiger partial charge on any atom is 0.416 e. The Kier molecular flexibility index (Phi) is 6.97. The van der Waals surface area contributed by atoms with E-state index in [0.717, 1.165) is 25.7 Å². The number of nitrogens with one attached hydrogen (secondary N) is 1. The molecule has 0 unspecified atom stereocenters. The molecule has 1 fully saturated rings. The zero-order valence-corrected chi connectivity index (χ0v) is 13.6. The predicted molar refractivity (Wildman–Crippen MR) is 82.6 cm³/mol. The van der Waals surface area contributed by atoms with Crippen LogP contribution in [-0.2, 0) is 12.7 Å². The molecule has 1 aliphatic heterocycles. The Bertz CT molecular complexity index is 482. The van der Waals surface area contributed by atoms with E-state index in [2.05, 4.69) is 17.1 Å². The number of alkyl halides is 3. The van der Waals surface area contributed by atoms with Crippen molar-refractivity contribution in [2.24, 2.45) is 0 Å². The second-order valence-electron chi connectivity index (χ2n) is 5.34. The van der Waals surface area contributed by atoms with Crippen molar-refractivity contribution < 1.29 is 17.9 Å². The zero-order valence-electron chi connectivity index (χ0n) is 12.7. The molecule has 2 rings (SSSR count). The molecule has 3 nitrogen and oxygen atoms in total. The van der Waals surface area contributed by atoms with Crippen molar-refractivity contribution in [2.45, 2.75) is 32.6 Å². The number of ether oxygens (including phenoxy) is 1. The maximum atomic E-state index is 12.9. The maximum absolute atomic E-state index is 12.9. The minimum absolute atomic E-state index is 0. The van der Waals surface area contributed by atoms with Gasteiger partial charge in [0.2, 0.25) is 0 Å². The van der Waals surface area contributed by atoms with Crippen molar-refractivity contribution in [1.82, 2.24) is 10.2 Å². The van der Waals surface area contributed by atoms with Crippen LogP contribution < -0.4 is 10.1 Å². The summed E-state index contributed by atoms with van der Waals surface area (Å²) in [5, 5.41) is 3.32. The highest BCUT2D eigenvalue weighted by atomic mass is 35.5. The third kappa shape index (κ3) is 5.04. The minimum atomic E-state index is -4.32. The lowest BCUT2D eigenvalue weighted by Gasteiger charge is -2.32. The molecule has 0 saturated carbocycles. The molecule has 1 saturated heterocycles. The van der Waals surface area contributed by atoms with E-state index in [1.807, 2.05) is 6.92 Å². The standard InChI is InChI=1S/C15H21F3N2O.ClH/c1-3-21-14-5-4-13(15(16,17)18)8-12(14)10-20-7-6-19-11(2)9-20;/h4-5,8,11,19H,3,6-7,9-10H2,1-2H3;1H/t11-;/m0./s1. The van der Waals surface area contributed by atoms with Crippen LogP contribution in [0, 0.1) is 0 Å². The van der Waals surface area contributed by atoms with Gasteiger partial charge >= 0.3 is 6.18 Å². The number of rotatable bonds is 4. The summed E-state index contributed by atoms with van der Waals surface area (Å²) in [4.78, 5) is 2.15. The highest BCUT2D eigenvalue weighted by Gasteiger charge is 2.31. The fourth-order valence-corrected chi connectivity index (χ4v) is 2.57. The van der Waals surface area contributed by atoms with Crippen LogP contribution in [0.2, 0.25) is 0 Å². The van der Waals surface area contributed by atoms with Crippen LogP contribution in [0.25, 0.3) is 0 Å². The summed E-state index contributed by atoms with van der Waals surface area (Å²) in [6, 6.07) is 4.06. The van der Waals surface area contributed by atoms with Gasteiger partial charge in [0.15, 0.2) is 0 Å². The fraction of sp³-hybridized carbons (Fsp3) is 0.600. The molecule has 1 aliphatic rings. The molecular formula is C15H22ClF3N2O. The van der Waals surface area contributed by atoms with Crippen molar-refractivity contribution in [2.75, 3.05) is 26.2 Å². The molecule has 0 aliphatic carbocycles. The lowest BCUT2D eigenvalue weighted by molar-refractivity contribution is -0.137. The van der Waals surface area contributed by atoms with Crippen LogP contribution in [0.3, 0.4) is 0 Å². The normalized spacial score (nSPS) is 19.6. The van der Waals surface area contributed by atoms with E-state index in [-0.39, 0.29) is 12.4 Å². The molecule has 0 bridgehead atoms. The lowest BCUT2D eigenvalue weighted by atomic mass is 10.1. The molecular weight excluding hydrogens is 317 g/mol. The number of hydrogen-bond donors (Lipinski definition) is 1. The summed E-state index contributed by atoms with van der Waals surface area (Å²) >= 11 is 0. The average Bonchev–Trinajstić information content (AvgIpc) is 2.40. The van der Waals surface area contributed by atoms with Crippen molar-refractivity contribution in [3.63, 3.8) is 0 Å². The summed E-state index contributed by atoms with van der Waals surface area (Å²) in [7, 11) is 0. The van der Waals surface area contributed by atoms with Crippen LogP contribution in [-0.4, -0.2) is 37.2 Å². The molecule has 1 N–H and O–H groups in total. The van der Waals surface area contributed by atoms with E-state index in [1.165, 1.54) is 12.1 Å². The highest BCUT2D eigenvalue weighted by molar-refractivity contribution is 5.85. The Hall–Kier alpha value is -0.980. The largest absolute Gasteiger partial charge is 0.494 e. The molecule has 1 aromatic carbocycles. The Labute approximate surface area is 135 Å². The van der Waals surface area contributed by atoms with Crippen LogP contribution in [0.5, 0.6) is 5.75 Å². The molecule has 1 atom stereocenters. The SMILES string of the molecule is CCOc1ccc(C(F)(F)F)cc1CN1CCN[C@@H](C)C1.Cl. The molecule has 7 heteroatoms. The first kappa shape index (κ1) is 19.1. The Balaban J connectivity index is 0.00000242. The Morgan fingerprint density at radius 2 is 2.09 bits per heavy atom. The molecule has 0 amide bonds. The summed E-state index contributed by atoms with van der Waals surface area (Å²) < 4.78 is 44.0. The predicted octanol–water partition coefficient (Wildman–Crippen LogP) is 3.32. The quantitative estimate of drug-likeness (QED) is 0.911. The summed E-state index contributed by atoms with van der Waals surface area (Å²) in [6.45, 7) is 7.32. The number of hydrogen-bond acceptors (Lipinski definition) is 3. The van der Waals surface area contributed by atoms with Crippen molar-refractivity contribution >= 4 is 12.4 Å². The summed E-state index contributed by atoms with van der Waals surface area (Å²) in [5.74, 6) is 0.539. The number of halogens is 4. The Morgan fingerprint density at radius 1 is 1.36 bits per heavy atom. The first-order valence-electron chi connectivity index (χ1n) is 7.18. The smallest absolute Gasteiger partial charge is 0.416 e. The van der Waals surface area contributed by atoms with Crippen LogP contribution >= 0.6 is 12.4 Å². The topological polar surface area (TPSA) is 24.5 Å². The van der Waals surface area contributed by atoms with Crippen molar-refractivity contribution in [3.8, 4) is 5.75 Å². The van der Waals surface area contributed by atoms with Gasteiger partial charge in [-0.3, -0.25) is 4.90 Å². The van der Waals surface area contributed by atoms with Crippen molar-refractivity contribution in [1.29, 1.82) is 0 Å². The molecule has 0 radical (unpaired) electrons. The first-order chi connectivity index (χ1) is 9.90. The number of piperazine rings is 1. The van der Waals surface area contributed by atoms with E-state index >= 15 is 0 Å². The van der Waals surface area contributed by atoms with Crippen LogP contribution in [0.15, 0.2) is 18.2 Å². The average molecular weight is 339 g/mol. The van der Waals surface area contributed by atoms with Crippen LogP contribution in [0.1, 0.15) is 25.0 Å². The van der Waals surface area contributed by atoms with Gasteiger partial charge in [0, 0.05) is 37.8 Å². The van der Waals surface area contributed by atoms with Gasteiger partial charge in [-0.1, -0.05) is 0 Å². The van der Waals surface area contributed by atoms with Gasteiger partial charge in [-0.05, 0) is 32.0 Å². The number of benzene rings is 1. The summed E-state index contributed by atoms with van der Waals surface area (Å²) in [6.07, 6.45) is -4.32. The minimum Gasteiger partial charge on any atom is -0.494 e. The molecule has 0 spiro atoms. The lowest BCUT2D eigenvalue weighted by Crippen LogP contribution is -2.48. The van der Waals surface area contributed by atoms with Gasteiger partial charge < -0.3 is 10.1 Å². The summed E-state index contributed by atoms with van der Waals surface area (Å²) in [5.41, 5.74) is -0.0232. The second-order valence-corrected chi connectivity index (χ2v) is 5.34. The molecule has 126 valence electrons. The van der Waals surface area contributed by atoms with Crippen LogP contribution in [0.4, 0.5) is 13.2 Å². The second kappa shape index (κ2) is 8.04. The monoisotopic (exact) mass is 338 g/mol. The number of nitrogens with zero attached hydrogens (tertiary/aromatic N) is 1. The Morgan fingerprint density at radius 3 is 2.68 bits per heavy atom. The highest BCUT2D eigenvalue weighted by Crippen LogP contribution is 2.33. The molecule has 1 heterocycles. The first-order valence-corrected chi connectivity index (χ1v) is 7.18. The van der Waals surface area contributed by atoms with Gasteiger partial charge in [-0.25, -0.2) is 0 Å². The fourth-order valence-electron chi connectivity index (χ4n) is 2.57. The van der Waals surface area contributed by atoms with Gasteiger partial charge in [0.25, 0.3) is 0 Å². The van der Waals surface area contributed by atoms with Gasteiger partial charge in [0.05, 0.1) is 12.2 Å². The van der Waals surface area contributed by atoms with E-state index < -0.39 is 11.7 Å². The van der Waals surface area contributed by atoms with Gasteiger partial charge in [0.1, 0.15) is 5.75 Å². The van der Waals surface area contributed by atoms with E-state index in [0.29, 0.717) is 30.5 Å². The van der Waals surface area contributed by atoms with Gasteiger partial charge in [-0.2, -0.15) is 13.2 Å². The third-order valence-electron chi connectivity index (χ3n) is 3.53. The van der Waals surface area contributed by atoms with Crippen molar-refractivity contribution in [3.05, 3.63) is 29.3 Å². The molecule has 1 aromatic rings. The van der Waals surface area contributed by atoms with E-state index in [9.17, 15) is 13.2 Å². The van der Waals surface area contributed by atoms with E-state index in [4.69, 9.17) is 4.74 Å². The molecule has 22 heavy (non-hydrogen) atoms.